The standard InChI is InChI=1S/C14H6BrCl2NO2/c15-7-1-3-8(4-2-7)18-13(19)9-5-11(16)12(17)6-10(9)14(18)20/h1-6H. The molecule has 20 heavy (non-hydrogen) atoms. The van der Waals surface area contributed by atoms with E-state index in [1.807, 2.05) is 0 Å². The number of carbonyl (C=O) groups excluding carboxylic acids is 2. The predicted octanol–water partition coefficient (Wildman–Crippen LogP) is 4.56. The number of hydrogen-bond acceptors (Lipinski definition) is 2. The molecule has 0 aromatic heterocycles. The van der Waals surface area contributed by atoms with Crippen LogP contribution in [0, 0.1) is 0 Å². The van der Waals surface area contributed by atoms with Crippen molar-refractivity contribution in [3.05, 3.63) is 62.0 Å². The van der Waals surface area contributed by atoms with Crippen LogP contribution in [0.25, 0.3) is 0 Å². The van der Waals surface area contributed by atoms with Crippen molar-refractivity contribution in [1.82, 2.24) is 0 Å². The third kappa shape index (κ3) is 2.04. The number of nitrogens with zero attached hydrogens (tertiary/aromatic N) is 1. The minimum atomic E-state index is -0.397. The molecular formula is C14H6BrCl2NO2. The largest absolute Gasteiger partial charge is 0.268 e. The first-order valence-corrected chi connectivity index (χ1v) is 7.17. The lowest BCUT2D eigenvalue weighted by atomic mass is 10.1. The Morgan fingerprint density at radius 3 is 1.75 bits per heavy atom. The Hall–Kier alpha value is -1.36. The van der Waals surface area contributed by atoms with Gasteiger partial charge < -0.3 is 0 Å². The van der Waals surface area contributed by atoms with E-state index in [0.29, 0.717) is 5.69 Å². The van der Waals surface area contributed by atoms with Crippen molar-refractivity contribution >= 4 is 56.6 Å². The van der Waals surface area contributed by atoms with E-state index in [1.54, 1.807) is 24.3 Å². The molecule has 0 saturated heterocycles. The number of rotatable bonds is 1. The van der Waals surface area contributed by atoms with E-state index in [9.17, 15) is 9.59 Å². The summed E-state index contributed by atoms with van der Waals surface area (Å²) in [6.07, 6.45) is 0. The van der Waals surface area contributed by atoms with Gasteiger partial charge in [-0.3, -0.25) is 9.59 Å². The van der Waals surface area contributed by atoms with Crippen molar-refractivity contribution in [1.29, 1.82) is 0 Å². The molecule has 3 rings (SSSR count). The summed E-state index contributed by atoms with van der Waals surface area (Å²) in [5.74, 6) is -0.795. The number of amides is 2. The molecule has 1 heterocycles. The van der Waals surface area contributed by atoms with Crippen LogP contribution in [0.15, 0.2) is 40.9 Å². The summed E-state index contributed by atoms with van der Waals surface area (Å²) < 4.78 is 0.865. The van der Waals surface area contributed by atoms with Gasteiger partial charge in [-0.2, -0.15) is 0 Å². The van der Waals surface area contributed by atoms with E-state index in [0.717, 1.165) is 9.37 Å². The Morgan fingerprint density at radius 2 is 1.30 bits per heavy atom. The molecule has 6 heteroatoms. The number of carbonyl (C=O) groups is 2. The molecule has 1 aliphatic rings. The molecule has 0 spiro atoms. The van der Waals surface area contributed by atoms with Gasteiger partial charge in [0.05, 0.1) is 26.9 Å². The number of fused-ring (bicyclic) bond motifs is 1. The fourth-order valence-electron chi connectivity index (χ4n) is 2.06. The van der Waals surface area contributed by atoms with Gasteiger partial charge in [-0.05, 0) is 36.4 Å². The predicted molar refractivity (Wildman–Crippen MR) is 81.7 cm³/mol. The van der Waals surface area contributed by atoms with Crippen molar-refractivity contribution in [2.24, 2.45) is 0 Å². The lowest BCUT2D eigenvalue weighted by Gasteiger charge is -2.13. The highest BCUT2D eigenvalue weighted by Crippen LogP contribution is 2.34. The molecule has 0 atom stereocenters. The van der Waals surface area contributed by atoms with Crippen LogP contribution >= 0.6 is 39.1 Å². The molecule has 0 unspecified atom stereocenters. The molecule has 0 radical (unpaired) electrons. The van der Waals surface area contributed by atoms with Gasteiger partial charge in [-0.15, -0.1) is 0 Å². The highest BCUT2D eigenvalue weighted by atomic mass is 79.9. The average molecular weight is 371 g/mol. The van der Waals surface area contributed by atoms with Crippen LogP contribution in [-0.2, 0) is 0 Å². The molecule has 2 aromatic rings. The molecule has 0 aliphatic carbocycles. The third-order valence-corrected chi connectivity index (χ3v) is 4.26. The minimum absolute atomic E-state index is 0.254. The zero-order chi connectivity index (χ0) is 14.4. The van der Waals surface area contributed by atoms with Gasteiger partial charge in [0, 0.05) is 4.47 Å². The second-order valence-corrected chi connectivity index (χ2v) is 5.96. The van der Waals surface area contributed by atoms with Gasteiger partial charge in [0.15, 0.2) is 0 Å². The second kappa shape index (κ2) is 4.88. The van der Waals surface area contributed by atoms with Gasteiger partial charge in [-0.1, -0.05) is 39.1 Å². The normalized spacial score (nSPS) is 13.8. The minimum Gasteiger partial charge on any atom is -0.268 e. The first-order valence-electron chi connectivity index (χ1n) is 5.62. The van der Waals surface area contributed by atoms with Crippen molar-refractivity contribution in [2.45, 2.75) is 0 Å². The van der Waals surface area contributed by atoms with Gasteiger partial charge >= 0.3 is 0 Å². The summed E-state index contributed by atoms with van der Waals surface area (Å²) in [5, 5.41) is 0.508. The molecule has 1 aliphatic heterocycles. The van der Waals surface area contributed by atoms with E-state index in [1.165, 1.54) is 12.1 Å². The van der Waals surface area contributed by atoms with Gasteiger partial charge in [0.25, 0.3) is 11.8 Å². The topological polar surface area (TPSA) is 37.4 Å². The number of benzene rings is 2. The Balaban J connectivity index is 2.12. The second-order valence-electron chi connectivity index (χ2n) is 4.23. The first kappa shape index (κ1) is 13.6. The maximum absolute atomic E-state index is 12.3. The SMILES string of the molecule is O=C1c2cc(Cl)c(Cl)cc2C(=O)N1c1ccc(Br)cc1. The fraction of sp³-hybridized carbons (Fsp3) is 0. The van der Waals surface area contributed by atoms with Crippen molar-refractivity contribution < 1.29 is 9.59 Å². The van der Waals surface area contributed by atoms with E-state index in [4.69, 9.17) is 23.2 Å². The molecular weight excluding hydrogens is 365 g/mol. The van der Waals surface area contributed by atoms with E-state index in [2.05, 4.69) is 15.9 Å². The van der Waals surface area contributed by atoms with E-state index < -0.39 is 11.8 Å². The Labute approximate surface area is 133 Å². The van der Waals surface area contributed by atoms with Crippen molar-refractivity contribution in [2.75, 3.05) is 4.90 Å². The van der Waals surface area contributed by atoms with Crippen LogP contribution < -0.4 is 4.90 Å². The molecule has 0 fully saturated rings. The van der Waals surface area contributed by atoms with E-state index in [-0.39, 0.29) is 21.2 Å². The molecule has 0 N–H and O–H groups in total. The van der Waals surface area contributed by atoms with Crippen LogP contribution in [0.1, 0.15) is 20.7 Å². The molecule has 100 valence electrons. The molecule has 0 saturated carbocycles. The maximum Gasteiger partial charge on any atom is 0.266 e. The molecule has 3 nitrogen and oxygen atoms in total. The third-order valence-electron chi connectivity index (χ3n) is 3.01. The lowest BCUT2D eigenvalue weighted by Crippen LogP contribution is -2.29. The molecule has 2 amide bonds. The zero-order valence-corrected chi connectivity index (χ0v) is 13.0. The lowest BCUT2D eigenvalue weighted by molar-refractivity contribution is 0.0926. The quantitative estimate of drug-likeness (QED) is 0.690. The summed E-state index contributed by atoms with van der Waals surface area (Å²) in [4.78, 5) is 25.8. The summed E-state index contributed by atoms with van der Waals surface area (Å²) in [6, 6.07) is 9.76. The Morgan fingerprint density at radius 1 is 0.850 bits per heavy atom. The Bertz CT molecular complexity index is 703. The molecule has 2 aromatic carbocycles. The Kier molecular flexibility index (Phi) is 3.32. The van der Waals surface area contributed by atoms with Crippen LogP contribution in [0.3, 0.4) is 0 Å². The van der Waals surface area contributed by atoms with Crippen LogP contribution in [-0.4, -0.2) is 11.8 Å². The summed E-state index contributed by atoms with van der Waals surface area (Å²) >= 11 is 15.1. The summed E-state index contributed by atoms with van der Waals surface area (Å²) in [5.41, 5.74) is 1.05. The summed E-state index contributed by atoms with van der Waals surface area (Å²) in [6.45, 7) is 0. The molecule has 0 bridgehead atoms. The number of halogens is 3. The van der Waals surface area contributed by atoms with Crippen LogP contribution in [0.2, 0.25) is 10.0 Å². The van der Waals surface area contributed by atoms with Gasteiger partial charge in [0.2, 0.25) is 0 Å². The van der Waals surface area contributed by atoms with E-state index >= 15 is 0 Å². The van der Waals surface area contributed by atoms with Gasteiger partial charge in [0.1, 0.15) is 0 Å². The number of hydrogen-bond donors (Lipinski definition) is 0. The van der Waals surface area contributed by atoms with Gasteiger partial charge in [-0.25, -0.2) is 4.90 Å². The fourth-order valence-corrected chi connectivity index (χ4v) is 2.65. The van der Waals surface area contributed by atoms with Crippen LogP contribution in [0.5, 0.6) is 0 Å². The number of imide groups is 1. The van der Waals surface area contributed by atoms with Crippen LogP contribution in [0.4, 0.5) is 5.69 Å². The highest BCUT2D eigenvalue weighted by molar-refractivity contribution is 9.10. The highest BCUT2D eigenvalue weighted by Gasteiger charge is 2.37. The zero-order valence-electron chi connectivity index (χ0n) is 9.86. The first-order chi connectivity index (χ1) is 9.49. The van der Waals surface area contributed by atoms with Crippen molar-refractivity contribution in [3.8, 4) is 0 Å². The average Bonchev–Trinajstić information content (AvgIpc) is 2.65. The smallest absolute Gasteiger partial charge is 0.266 e. The van der Waals surface area contributed by atoms with Crippen molar-refractivity contribution in [3.63, 3.8) is 0 Å². The monoisotopic (exact) mass is 369 g/mol. The maximum atomic E-state index is 12.3. The number of anilines is 1. The summed E-state index contributed by atoms with van der Waals surface area (Å²) in [7, 11) is 0.